The van der Waals surface area contributed by atoms with Gasteiger partial charge in [0, 0.05) is 12.8 Å². The van der Waals surface area contributed by atoms with Crippen molar-refractivity contribution in [2.75, 3.05) is 47.5 Å². The minimum Gasteiger partial charge on any atom is -0.477 e. The van der Waals surface area contributed by atoms with Crippen molar-refractivity contribution in [3.63, 3.8) is 0 Å². The second kappa shape index (κ2) is 70.8. The largest absolute Gasteiger partial charge is 0.477 e. The van der Waals surface area contributed by atoms with Crippen molar-refractivity contribution in [1.82, 2.24) is 0 Å². The van der Waals surface area contributed by atoms with Gasteiger partial charge in [0.05, 0.1) is 34.4 Å². The highest BCUT2D eigenvalue weighted by Crippen LogP contribution is 2.17. The first-order chi connectivity index (χ1) is 44.6. The summed E-state index contributed by atoms with van der Waals surface area (Å²) in [5.74, 6) is -2.01. The number of ether oxygens (including phenoxy) is 4. The quantitative estimate of drug-likeness (QED) is 0.0211. The molecular formula is C82H136NO8+. The fraction of sp³-hybridized carbons (Fsp3) is 0.646. The number of carbonyl (C=O) groups is 3. The summed E-state index contributed by atoms with van der Waals surface area (Å²) in [4.78, 5) is 37.7. The Morgan fingerprint density at radius 2 is 0.593 bits per heavy atom. The van der Waals surface area contributed by atoms with Crippen LogP contribution in [-0.4, -0.2) is 87.4 Å². The first-order valence-corrected chi connectivity index (χ1v) is 36.6. The predicted molar refractivity (Wildman–Crippen MR) is 391 cm³/mol. The van der Waals surface area contributed by atoms with Crippen LogP contribution in [0.2, 0.25) is 0 Å². The molecule has 91 heavy (non-hydrogen) atoms. The van der Waals surface area contributed by atoms with Crippen LogP contribution in [0.25, 0.3) is 0 Å². The monoisotopic (exact) mass is 1260 g/mol. The third-order valence-corrected chi connectivity index (χ3v) is 15.3. The lowest BCUT2D eigenvalue weighted by Crippen LogP contribution is -2.40. The van der Waals surface area contributed by atoms with E-state index in [2.05, 4.69) is 172 Å². The molecule has 0 fully saturated rings. The number of rotatable bonds is 66. The van der Waals surface area contributed by atoms with Crippen molar-refractivity contribution >= 4 is 17.9 Å². The third-order valence-electron chi connectivity index (χ3n) is 15.3. The molecule has 516 valence electrons. The number of hydrogen-bond donors (Lipinski definition) is 1. The maximum absolute atomic E-state index is 13.0. The Labute approximate surface area is 559 Å². The van der Waals surface area contributed by atoms with Crippen LogP contribution in [0.1, 0.15) is 284 Å². The molecule has 0 aromatic carbocycles. The summed E-state index contributed by atoms with van der Waals surface area (Å²) < 4.78 is 23.0. The number of nitrogens with zero attached hydrogens (tertiary/aromatic N) is 1. The SMILES string of the molecule is CC/C=C\C/C=C\C/C=C\C/C=C\C/C=C\C/C=C\C/C=C\C/C=C\C/C=C\CCCCCCCCCCCCCC(=O)OC(COC(=O)CCCCCCCCCCCCCCCC/C=C\C/C=C\C/C=C\C/C=C\CC)COC(OCC[N+](C)(C)C)C(=O)O. The summed E-state index contributed by atoms with van der Waals surface area (Å²) in [5.41, 5.74) is 0. The summed E-state index contributed by atoms with van der Waals surface area (Å²) in [5, 5.41) is 9.76. The van der Waals surface area contributed by atoms with Gasteiger partial charge in [-0.25, -0.2) is 4.79 Å². The summed E-state index contributed by atoms with van der Waals surface area (Å²) in [6.07, 6.45) is 102. The lowest BCUT2D eigenvalue weighted by molar-refractivity contribution is -0.870. The van der Waals surface area contributed by atoms with Crippen LogP contribution < -0.4 is 0 Å². The van der Waals surface area contributed by atoms with E-state index in [1.165, 1.54) is 122 Å². The number of hydrogen-bond acceptors (Lipinski definition) is 7. The smallest absolute Gasteiger partial charge is 0.361 e. The molecule has 9 heteroatoms. The molecule has 0 saturated heterocycles. The Morgan fingerprint density at radius 3 is 0.879 bits per heavy atom. The zero-order valence-corrected chi connectivity index (χ0v) is 58.9. The summed E-state index contributed by atoms with van der Waals surface area (Å²) >= 11 is 0. The average Bonchev–Trinajstić information content (AvgIpc) is 3.46. The van der Waals surface area contributed by atoms with Crippen LogP contribution in [-0.2, 0) is 33.3 Å². The van der Waals surface area contributed by atoms with Crippen LogP contribution in [0, 0.1) is 0 Å². The van der Waals surface area contributed by atoms with Crippen molar-refractivity contribution in [3.05, 3.63) is 158 Å². The molecule has 0 aromatic heterocycles. The maximum Gasteiger partial charge on any atom is 0.361 e. The lowest BCUT2D eigenvalue weighted by Gasteiger charge is -2.25. The number of unbranched alkanes of at least 4 members (excludes halogenated alkanes) is 25. The molecule has 0 saturated carbocycles. The van der Waals surface area contributed by atoms with E-state index < -0.39 is 24.3 Å². The lowest BCUT2D eigenvalue weighted by atomic mass is 10.0. The van der Waals surface area contributed by atoms with Gasteiger partial charge in [-0.2, -0.15) is 0 Å². The van der Waals surface area contributed by atoms with Crippen molar-refractivity contribution in [1.29, 1.82) is 0 Å². The second-order valence-electron chi connectivity index (χ2n) is 25.1. The summed E-state index contributed by atoms with van der Waals surface area (Å²) in [6.45, 7) is 4.65. The Balaban J connectivity index is 4.13. The zero-order valence-electron chi connectivity index (χ0n) is 58.9. The van der Waals surface area contributed by atoms with E-state index in [1.54, 1.807) is 0 Å². The van der Waals surface area contributed by atoms with Gasteiger partial charge in [0.25, 0.3) is 6.29 Å². The van der Waals surface area contributed by atoms with Gasteiger partial charge in [-0.15, -0.1) is 0 Å². The second-order valence-corrected chi connectivity index (χ2v) is 25.1. The molecule has 0 aromatic rings. The molecule has 0 aliphatic rings. The fourth-order valence-corrected chi connectivity index (χ4v) is 9.76. The van der Waals surface area contributed by atoms with E-state index in [1.807, 2.05) is 21.1 Å². The van der Waals surface area contributed by atoms with Gasteiger partial charge >= 0.3 is 17.9 Å². The number of allylic oxidation sites excluding steroid dienone is 26. The van der Waals surface area contributed by atoms with Crippen LogP contribution in [0.3, 0.4) is 0 Å². The fourth-order valence-electron chi connectivity index (χ4n) is 9.76. The molecule has 0 aliphatic heterocycles. The molecule has 2 atom stereocenters. The molecule has 0 spiro atoms. The molecule has 9 nitrogen and oxygen atoms in total. The topological polar surface area (TPSA) is 108 Å². The Hall–Kier alpha value is -5.09. The standard InChI is InChI=1S/C82H135NO8/c1-6-8-10-12-14-16-18-20-22-24-26-28-30-32-34-35-36-37-38-39-40-41-42-43-44-45-47-49-51-53-55-57-59-61-63-65-67-69-71-73-80(85)91-78(77-90-82(81(86)87)88-75-74-83(3,4)5)76-89-79(84)72-70-68-66-64-62-60-58-56-54-52-50-48-46-33-31-29-27-25-23-21-19-17-15-13-11-9-7-2/h8-11,14-17,20-23,26-29,32,34,36-37,39-40,42-43,45,47,78,82H,6-7,12-13,18-19,24-25,30-31,33,35,38,41,44,46,48-77H2,1-5H3/p+1/b10-8-,11-9-,16-14-,17-15-,22-20-,23-21-,28-26-,29-27-,34-32-,37-36-,40-39-,43-42-,47-45-. The predicted octanol–water partition coefficient (Wildman–Crippen LogP) is 23.2. The van der Waals surface area contributed by atoms with E-state index in [9.17, 15) is 19.5 Å². The van der Waals surface area contributed by atoms with Crippen molar-refractivity contribution in [3.8, 4) is 0 Å². The zero-order chi connectivity index (χ0) is 66.1. The van der Waals surface area contributed by atoms with Crippen molar-refractivity contribution in [2.24, 2.45) is 0 Å². The normalized spacial score (nSPS) is 13.6. The van der Waals surface area contributed by atoms with Crippen LogP contribution in [0.5, 0.6) is 0 Å². The van der Waals surface area contributed by atoms with Crippen LogP contribution in [0.4, 0.5) is 0 Å². The molecule has 2 unspecified atom stereocenters. The van der Waals surface area contributed by atoms with E-state index >= 15 is 0 Å². The van der Waals surface area contributed by atoms with Crippen molar-refractivity contribution < 1.29 is 42.9 Å². The molecule has 0 rings (SSSR count). The van der Waals surface area contributed by atoms with Crippen molar-refractivity contribution in [2.45, 2.75) is 296 Å². The van der Waals surface area contributed by atoms with E-state index in [4.69, 9.17) is 18.9 Å². The van der Waals surface area contributed by atoms with Crippen LogP contribution in [0.15, 0.2) is 158 Å². The van der Waals surface area contributed by atoms with E-state index in [0.29, 0.717) is 23.9 Å². The Morgan fingerprint density at radius 1 is 0.330 bits per heavy atom. The van der Waals surface area contributed by atoms with Gasteiger partial charge in [0.15, 0.2) is 6.10 Å². The highest BCUT2D eigenvalue weighted by Gasteiger charge is 2.25. The Bertz CT molecular complexity index is 2060. The van der Waals surface area contributed by atoms with Gasteiger partial charge in [-0.05, 0) is 122 Å². The molecule has 0 aliphatic carbocycles. The number of quaternary nitrogens is 1. The highest BCUT2D eigenvalue weighted by molar-refractivity contribution is 5.71. The van der Waals surface area contributed by atoms with Gasteiger partial charge in [-0.1, -0.05) is 307 Å². The van der Waals surface area contributed by atoms with Crippen LogP contribution >= 0.6 is 0 Å². The minimum absolute atomic E-state index is 0.181. The van der Waals surface area contributed by atoms with Gasteiger partial charge in [0.2, 0.25) is 0 Å². The molecule has 1 N–H and O–H groups in total. The molecule has 0 amide bonds. The Kier molecular flexibility index (Phi) is 66.8. The highest BCUT2D eigenvalue weighted by atomic mass is 16.7. The molecule has 0 bridgehead atoms. The van der Waals surface area contributed by atoms with E-state index in [-0.39, 0.29) is 32.2 Å². The first-order valence-electron chi connectivity index (χ1n) is 36.6. The number of carboxylic acid groups (broad SMARTS) is 1. The number of carboxylic acids is 1. The van der Waals surface area contributed by atoms with Gasteiger partial charge in [0.1, 0.15) is 13.2 Å². The molecule has 0 heterocycles. The number of carbonyl (C=O) groups excluding carboxylic acids is 2. The molecule has 0 radical (unpaired) electrons. The number of esters is 2. The third kappa shape index (κ3) is 72.2. The van der Waals surface area contributed by atoms with Gasteiger partial charge < -0.3 is 28.5 Å². The maximum atomic E-state index is 13.0. The number of aliphatic carboxylic acids is 1. The average molecular weight is 1260 g/mol. The van der Waals surface area contributed by atoms with Gasteiger partial charge in [-0.3, -0.25) is 9.59 Å². The number of likely N-dealkylation sites (N-methyl/N-ethyl adjacent to an activating group) is 1. The summed E-state index contributed by atoms with van der Waals surface area (Å²) in [7, 11) is 5.97. The summed E-state index contributed by atoms with van der Waals surface area (Å²) in [6, 6.07) is 0. The molecular weight excluding hydrogens is 1130 g/mol. The van der Waals surface area contributed by atoms with E-state index in [0.717, 1.165) is 128 Å². The minimum atomic E-state index is -1.52. The first kappa shape index (κ1) is 85.9.